The maximum absolute atomic E-state index is 9.71. The molecule has 0 spiro atoms. The number of imidazole rings is 1. The molecule has 0 atom stereocenters. The molecule has 0 amide bonds. The van der Waals surface area contributed by atoms with Crippen LogP contribution in [0.5, 0.6) is 0 Å². The highest BCUT2D eigenvalue weighted by Crippen LogP contribution is 2.31. The third-order valence-corrected chi connectivity index (χ3v) is 5.73. The number of thiophene rings is 1. The number of nitrogens with zero attached hydrogens (tertiary/aromatic N) is 4. The zero-order chi connectivity index (χ0) is 19.8. The Labute approximate surface area is 166 Å². The number of para-hydroxylation sites is 2. The van der Waals surface area contributed by atoms with Gasteiger partial charge in [0.05, 0.1) is 22.2 Å². The number of hydrogen-bond acceptors (Lipinski definition) is 4. The van der Waals surface area contributed by atoms with Crippen LogP contribution in [0.15, 0.2) is 36.4 Å². The van der Waals surface area contributed by atoms with Crippen LogP contribution in [0.1, 0.15) is 33.2 Å². The Morgan fingerprint density at radius 1 is 1.18 bits per heavy atom. The normalized spacial score (nSPS) is 11.5. The molecule has 0 radical (unpaired) electrons. The SMILES string of the molecule is Cc1cc(C#N)c(-n2c(C)cc(C=C(C#N)c3nc4ccccc4[nH]3)c2C)s1. The highest BCUT2D eigenvalue weighted by Gasteiger charge is 2.16. The van der Waals surface area contributed by atoms with Gasteiger partial charge in [-0.2, -0.15) is 10.5 Å². The summed E-state index contributed by atoms with van der Waals surface area (Å²) in [7, 11) is 0. The zero-order valence-corrected chi connectivity index (χ0v) is 16.6. The van der Waals surface area contributed by atoms with Crippen molar-refractivity contribution in [3.05, 3.63) is 69.6 Å². The van der Waals surface area contributed by atoms with Crippen molar-refractivity contribution < 1.29 is 0 Å². The molecule has 4 rings (SSSR count). The van der Waals surface area contributed by atoms with Gasteiger partial charge < -0.3 is 9.55 Å². The van der Waals surface area contributed by atoms with Crippen molar-refractivity contribution in [3.8, 4) is 17.1 Å². The minimum Gasteiger partial charge on any atom is -0.337 e. The number of nitriles is 2. The van der Waals surface area contributed by atoms with Crippen molar-refractivity contribution >= 4 is 34.0 Å². The zero-order valence-electron chi connectivity index (χ0n) is 15.7. The van der Waals surface area contributed by atoms with Crippen molar-refractivity contribution in [2.75, 3.05) is 0 Å². The Bertz CT molecular complexity index is 1280. The van der Waals surface area contributed by atoms with Gasteiger partial charge in [0, 0.05) is 16.3 Å². The Morgan fingerprint density at radius 3 is 2.68 bits per heavy atom. The second kappa shape index (κ2) is 6.84. The van der Waals surface area contributed by atoms with Gasteiger partial charge in [-0.25, -0.2) is 4.98 Å². The van der Waals surface area contributed by atoms with E-state index in [0.717, 1.165) is 37.9 Å². The summed E-state index contributed by atoms with van der Waals surface area (Å²) < 4.78 is 2.08. The minimum absolute atomic E-state index is 0.472. The third kappa shape index (κ3) is 2.90. The van der Waals surface area contributed by atoms with E-state index in [1.807, 2.05) is 63.2 Å². The van der Waals surface area contributed by atoms with Crippen LogP contribution in [-0.2, 0) is 0 Å². The average Bonchev–Trinajstić information content (AvgIpc) is 3.34. The lowest BCUT2D eigenvalue weighted by molar-refractivity contribution is 0.981. The molecule has 0 saturated carbocycles. The van der Waals surface area contributed by atoms with E-state index in [2.05, 4.69) is 26.7 Å². The first-order valence-electron chi connectivity index (χ1n) is 8.78. The molecule has 5 nitrogen and oxygen atoms in total. The Balaban J connectivity index is 1.83. The van der Waals surface area contributed by atoms with Gasteiger partial charge in [-0.15, -0.1) is 11.3 Å². The Kier molecular flexibility index (Phi) is 4.35. The minimum atomic E-state index is 0.472. The fourth-order valence-corrected chi connectivity index (χ4v) is 4.45. The first kappa shape index (κ1) is 17.8. The van der Waals surface area contributed by atoms with E-state index in [0.29, 0.717) is 17.0 Å². The molecule has 3 heterocycles. The van der Waals surface area contributed by atoms with Gasteiger partial charge in [-0.3, -0.25) is 0 Å². The van der Waals surface area contributed by atoms with E-state index in [1.54, 1.807) is 11.3 Å². The number of benzene rings is 1. The van der Waals surface area contributed by atoms with E-state index in [4.69, 9.17) is 0 Å². The summed E-state index contributed by atoms with van der Waals surface area (Å²) in [4.78, 5) is 8.84. The number of aromatic nitrogens is 3. The lowest BCUT2D eigenvalue weighted by Crippen LogP contribution is -1.98. The second-order valence-electron chi connectivity index (χ2n) is 6.62. The quantitative estimate of drug-likeness (QED) is 0.489. The number of H-pyrrole nitrogens is 1. The van der Waals surface area contributed by atoms with Crippen LogP contribution >= 0.6 is 11.3 Å². The maximum atomic E-state index is 9.71. The predicted octanol–water partition coefficient (Wildman–Crippen LogP) is 5.28. The summed E-state index contributed by atoms with van der Waals surface area (Å²) >= 11 is 1.59. The Morgan fingerprint density at radius 2 is 1.96 bits per heavy atom. The third-order valence-electron chi connectivity index (χ3n) is 4.69. The predicted molar refractivity (Wildman–Crippen MR) is 112 cm³/mol. The molecule has 1 aromatic carbocycles. The molecule has 0 aliphatic carbocycles. The van der Waals surface area contributed by atoms with Crippen LogP contribution in [0.4, 0.5) is 0 Å². The van der Waals surface area contributed by atoms with Crippen molar-refractivity contribution in [1.29, 1.82) is 10.5 Å². The Hall–Kier alpha value is -3.61. The van der Waals surface area contributed by atoms with E-state index >= 15 is 0 Å². The maximum Gasteiger partial charge on any atom is 0.149 e. The molecule has 0 bridgehead atoms. The van der Waals surface area contributed by atoms with E-state index in [9.17, 15) is 10.5 Å². The van der Waals surface area contributed by atoms with Crippen LogP contribution in [0.3, 0.4) is 0 Å². The van der Waals surface area contributed by atoms with Crippen LogP contribution < -0.4 is 0 Å². The molecule has 4 aromatic rings. The topological polar surface area (TPSA) is 81.2 Å². The van der Waals surface area contributed by atoms with Gasteiger partial charge >= 0.3 is 0 Å². The van der Waals surface area contributed by atoms with E-state index < -0.39 is 0 Å². The lowest BCUT2D eigenvalue weighted by atomic mass is 10.1. The van der Waals surface area contributed by atoms with Gasteiger partial charge in [0.2, 0.25) is 0 Å². The van der Waals surface area contributed by atoms with Crippen molar-refractivity contribution in [2.24, 2.45) is 0 Å². The smallest absolute Gasteiger partial charge is 0.149 e. The van der Waals surface area contributed by atoms with E-state index in [1.165, 1.54) is 0 Å². The number of fused-ring (bicyclic) bond motifs is 1. The molecule has 0 aliphatic rings. The molecule has 136 valence electrons. The molecule has 0 saturated heterocycles. The summed E-state index contributed by atoms with van der Waals surface area (Å²) in [5.74, 6) is 0.554. The molecule has 6 heteroatoms. The monoisotopic (exact) mass is 383 g/mol. The lowest BCUT2D eigenvalue weighted by Gasteiger charge is -2.07. The van der Waals surface area contributed by atoms with Gasteiger partial charge in [0.15, 0.2) is 0 Å². The number of aromatic amines is 1. The fraction of sp³-hybridized carbons (Fsp3) is 0.136. The van der Waals surface area contributed by atoms with Crippen LogP contribution in [0.2, 0.25) is 0 Å². The first-order chi connectivity index (χ1) is 13.5. The van der Waals surface area contributed by atoms with Gasteiger partial charge in [-0.05, 0) is 56.7 Å². The van der Waals surface area contributed by atoms with Crippen LogP contribution in [0, 0.1) is 43.4 Å². The summed E-state index contributed by atoms with van der Waals surface area (Å²) in [6.45, 7) is 6.01. The molecule has 0 fully saturated rings. The summed E-state index contributed by atoms with van der Waals surface area (Å²) in [6.07, 6.45) is 1.85. The van der Waals surface area contributed by atoms with Crippen molar-refractivity contribution in [3.63, 3.8) is 0 Å². The molecular formula is C22H17N5S. The number of allylic oxidation sites excluding steroid dienone is 1. The standard InChI is InChI=1S/C22H17N5S/c1-13-8-16(15(3)27(13)22-18(12-24)9-14(2)28-22)10-17(11-23)21-25-19-6-4-5-7-20(19)26-21/h4-10H,1-3H3,(H,25,26). The summed E-state index contributed by atoms with van der Waals surface area (Å²) in [5, 5.41) is 20.1. The average molecular weight is 383 g/mol. The number of hydrogen-bond donors (Lipinski definition) is 1. The first-order valence-corrected chi connectivity index (χ1v) is 9.60. The molecular weight excluding hydrogens is 366 g/mol. The van der Waals surface area contributed by atoms with Crippen LogP contribution in [0.25, 0.3) is 27.7 Å². The molecule has 28 heavy (non-hydrogen) atoms. The van der Waals surface area contributed by atoms with Gasteiger partial charge in [0.25, 0.3) is 0 Å². The second-order valence-corrected chi connectivity index (χ2v) is 7.86. The molecule has 0 aliphatic heterocycles. The number of rotatable bonds is 3. The molecule has 1 N–H and O–H groups in total. The molecule has 3 aromatic heterocycles. The fourth-order valence-electron chi connectivity index (χ4n) is 3.38. The highest BCUT2D eigenvalue weighted by molar-refractivity contribution is 7.14. The van der Waals surface area contributed by atoms with Crippen LogP contribution in [-0.4, -0.2) is 14.5 Å². The molecule has 0 unspecified atom stereocenters. The largest absolute Gasteiger partial charge is 0.337 e. The highest BCUT2D eigenvalue weighted by atomic mass is 32.1. The van der Waals surface area contributed by atoms with Crippen molar-refractivity contribution in [2.45, 2.75) is 20.8 Å². The summed E-state index contributed by atoms with van der Waals surface area (Å²) in [6, 6.07) is 16.2. The van der Waals surface area contributed by atoms with Gasteiger partial charge in [0.1, 0.15) is 23.0 Å². The van der Waals surface area contributed by atoms with Crippen molar-refractivity contribution in [1.82, 2.24) is 14.5 Å². The number of nitrogens with one attached hydrogen (secondary N) is 1. The van der Waals surface area contributed by atoms with Gasteiger partial charge in [-0.1, -0.05) is 12.1 Å². The number of aryl methyl sites for hydroxylation is 2. The van der Waals surface area contributed by atoms with E-state index in [-0.39, 0.29) is 0 Å². The summed E-state index contributed by atoms with van der Waals surface area (Å²) in [5.41, 5.74) is 5.80.